The Hall–Kier alpha value is -2.90. The van der Waals surface area contributed by atoms with Gasteiger partial charge in [0.05, 0.1) is 0 Å². The van der Waals surface area contributed by atoms with Crippen molar-refractivity contribution in [3.63, 3.8) is 0 Å². The van der Waals surface area contributed by atoms with Gasteiger partial charge in [0.25, 0.3) is 0 Å². The lowest BCUT2D eigenvalue weighted by atomic mass is 10.0. The van der Waals surface area contributed by atoms with Gasteiger partial charge in [-0.05, 0) is 44.4 Å². The van der Waals surface area contributed by atoms with Crippen LogP contribution in [0.4, 0.5) is 0 Å². The van der Waals surface area contributed by atoms with E-state index in [2.05, 4.69) is 110 Å². The van der Waals surface area contributed by atoms with Crippen molar-refractivity contribution in [3.05, 3.63) is 109 Å². The van der Waals surface area contributed by atoms with Gasteiger partial charge in [-0.1, -0.05) is 103 Å². The quantitative estimate of drug-likeness (QED) is 0.429. The largest absolute Gasteiger partial charge is 0.180 e. The molecule has 124 valence electrons. The molecule has 0 saturated heterocycles. The molecule has 1 heteroatoms. The molecule has 0 atom stereocenters. The molecule has 0 nitrogen and oxygen atoms in total. The van der Waals surface area contributed by atoms with Gasteiger partial charge in [-0.25, -0.2) is 0 Å². The van der Waals surface area contributed by atoms with Crippen LogP contribution in [0.3, 0.4) is 0 Å². The molecule has 26 heavy (non-hydrogen) atoms. The molecule has 1 aliphatic rings. The number of benzene rings is 4. The molecule has 0 unspecified atom stereocenters. The van der Waals surface area contributed by atoms with Crippen LogP contribution in [0, 0.1) is 6.92 Å². The topological polar surface area (TPSA) is 0 Å². The maximum atomic E-state index is 2.37. The van der Waals surface area contributed by atoms with E-state index in [-0.39, 0.29) is 0 Å². The Morgan fingerprint density at radius 3 is 1.69 bits per heavy atom. The number of aryl methyl sites for hydroxylation is 1. The van der Waals surface area contributed by atoms with Crippen LogP contribution in [0.15, 0.2) is 103 Å². The van der Waals surface area contributed by atoms with Crippen molar-refractivity contribution in [2.45, 2.75) is 6.92 Å². The van der Waals surface area contributed by atoms with Crippen LogP contribution in [-0.4, -0.2) is 8.07 Å². The molecule has 0 aliphatic carbocycles. The van der Waals surface area contributed by atoms with Crippen LogP contribution in [0.1, 0.15) is 5.56 Å². The van der Waals surface area contributed by atoms with Crippen molar-refractivity contribution < 1.29 is 0 Å². The standard InChI is InChI=1S/C25H20Si/c1-19-11-10-18-24-25(19)22-16-8-9-17-23(22)26(24,20-12-4-2-5-13-20)21-14-6-3-7-15-21/h2-18H,1H3. The highest BCUT2D eigenvalue weighted by Gasteiger charge is 2.48. The zero-order valence-electron chi connectivity index (χ0n) is 14.8. The Morgan fingerprint density at radius 2 is 1.04 bits per heavy atom. The summed E-state index contributed by atoms with van der Waals surface area (Å²) >= 11 is 0. The summed E-state index contributed by atoms with van der Waals surface area (Å²) in [5, 5.41) is 5.96. The normalized spacial score (nSPS) is 13.9. The predicted molar refractivity (Wildman–Crippen MR) is 114 cm³/mol. The number of rotatable bonds is 2. The van der Waals surface area contributed by atoms with Crippen LogP contribution < -0.4 is 20.7 Å². The third-order valence-electron chi connectivity index (χ3n) is 5.69. The highest BCUT2D eigenvalue weighted by molar-refractivity contribution is 7.22. The number of fused-ring (bicyclic) bond motifs is 3. The third kappa shape index (κ3) is 1.95. The highest BCUT2D eigenvalue weighted by Crippen LogP contribution is 2.30. The smallest absolute Gasteiger partial charge is 0.0623 e. The molecule has 0 aromatic heterocycles. The molecule has 0 fully saturated rings. The molecule has 0 amide bonds. The Morgan fingerprint density at radius 1 is 0.500 bits per heavy atom. The third-order valence-corrected chi connectivity index (χ3v) is 10.6. The van der Waals surface area contributed by atoms with Crippen molar-refractivity contribution in [2.75, 3.05) is 0 Å². The van der Waals surface area contributed by atoms with E-state index < -0.39 is 8.07 Å². The lowest BCUT2D eigenvalue weighted by molar-refractivity contribution is 1.49. The summed E-state index contributed by atoms with van der Waals surface area (Å²) < 4.78 is 0. The maximum Gasteiger partial charge on any atom is 0.180 e. The summed E-state index contributed by atoms with van der Waals surface area (Å²) in [7, 11) is -2.26. The van der Waals surface area contributed by atoms with Crippen molar-refractivity contribution in [1.82, 2.24) is 0 Å². The minimum absolute atomic E-state index is 1.37. The molecule has 1 aliphatic heterocycles. The summed E-state index contributed by atoms with van der Waals surface area (Å²) in [5.41, 5.74) is 4.23. The van der Waals surface area contributed by atoms with E-state index in [0.717, 1.165) is 0 Å². The van der Waals surface area contributed by atoms with Crippen molar-refractivity contribution in [2.24, 2.45) is 0 Å². The molecule has 0 radical (unpaired) electrons. The molecule has 5 rings (SSSR count). The van der Waals surface area contributed by atoms with Gasteiger partial charge in [0.15, 0.2) is 8.07 Å². The average Bonchev–Trinajstić information content (AvgIpc) is 3.02. The van der Waals surface area contributed by atoms with Gasteiger partial charge >= 0.3 is 0 Å². The van der Waals surface area contributed by atoms with Crippen LogP contribution in [0.25, 0.3) is 11.1 Å². The zero-order chi connectivity index (χ0) is 17.6. The van der Waals surface area contributed by atoms with Crippen LogP contribution in [0.2, 0.25) is 0 Å². The minimum Gasteiger partial charge on any atom is -0.0623 e. The van der Waals surface area contributed by atoms with Gasteiger partial charge in [-0.2, -0.15) is 0 Å². The second-order valence-corrected chi connectivity index (χ2v) is 10.8. The summed E-state index contributed by atoms with van der Waals surface area (Å²) in [6.45, 7) is 2.25. The molecule has 1 heterocycles. The SMILES string of the molecule is Cc1cccc2c1-c1ccccc1[Si]2(c1ccccc1)c1ccccc1. The van der Waals surface area contributed by atoms with E-state index in [9.17, 15) is 0 Å². The summed E-state index contributed by atoms with van der Waals surface area (Å²) in [4.78, 5) is 0. The van der Waals surface area contributed by atoms with E-state index in [1.807, 2.05) is 0 Å². The molecule has 0 saturated carbocycles. The van der Waals surface area contributed by atoms with Gasteiger partial charge in [0, 0.05) is 0 Å². The van der Waals surface area contributed by atoms with E-state index in [4.69, 9.17) is 0 Å². The first kappa shape index (κ1) is 15.4. The van der Waals surface area contributed by atoms with Gasteiger partial charge < -0.3 is 0 Å². The second-order valence-electron chi connectivity index (χ2n) is 7.03. The fourth-order valence-corrected chi connectivity index (χ4v) is 9.94. The van der Waals surface area contributed by atoms with Crippen molar-refractivity contribution >= 4 is 28.8 Å². The second kappa shape index (κ2) is 5.82. The first-order valence-corrected chi connectivity index (χ1v) is 11.1. The van der Waals surface area contributed by atoms with Crippen molar-refractivity contribution in [1.29, 1.82) is 0 Å². The van der Waals surface area contributed by atoms with Gasteiger partial charge in [-0.15, -0.1) is 0 Å². The van der Waals surface area contributed by atoms with Gasteiger partial charge in [0.1, 0.15) is 0 Å². The molecular formula is C25H20Si. The number of hydrogen-bond donors (Lipinski definition) is 0. The van der Waals surface area contributed by atoms with Crippen LogP contribution in [0.5, 0.6) is 0 Å². The predicted octanol–water partition coefficient (Wildman–Crippen LogP) is 3.35. The molecule has 0 bridgehead atoms. The molecule has 0 spiro atoms. The number of hydrogen-bond acceptors (Lipinski definition) is 0. The van der Waals surface area contributed by atoms with Crippen molar-refractivity contribution in [3.8, 4) is 11.1 Å². The zero-order valence-corrected chi connectivity index (χ0v) is 15.8. The molecule has 4 aromatic rings. The summed E-state index contributed by atoms with van der Waals surface area (Å²) in [5.74, 6) is 0. The fraction of sp³-hybridized carbons (Fsp3) is 0.0400. The van der Waals surface area contributed by atoms with Gasteiger partial charge in [-0.3, -0.25) is 0 Å². The van der Waals surface area contributed by atoms with E-state index in [1.165, 1.54) is 37.4 Å². The van der Waals surface area contributed by atoms with Gasteiger partial charge in [0.2, 0.25) is 0 Å². The maximum absolute atomic E-state index is 2.37. The first-order chi connectivity index (χ1) is 12.8. The highest BCUT2D eigenvalue weighted by atomic mass is 28.3. The average molecular weight is 349 g/mol. The fourth-order valence-electron chi connectivity index (χ4n) is 4.68. The monoisotopic (exact) mass is 348 g/mol. The Balaban J connectivity index is 2.00. The lowest BCUT2D eigenvalue weighted by Crippen LogP contribution is -2.72. The van der Waals surface area contributed by atoms with E-state index in [0.29, 0.717) is 0 Å². The summed E-state index contributed by atoms with van der Waals surface area (Å²) in [6.07, 6.45) is 0. The minimum atomic E-state index is -2.26. The molecule has 4 aromatic carbocycles. The molecular weight excluding hydrogens is 328 g/mol. The Bertz CT molecular complexity index is 1040. The van der Waals surface area contributed by atoms with Crippen LogP contribution >= 0.6 is 0 Å². The Labute approximate surface area is 155 Å². The Kier molecular flexibility index (Phi) is 3.44. The first-order valence-electron chi connectivity index (χ1n) is 9.14. The van der Waals surface area contributed by atoms with Crippen LogP contribution in [-0.2, 0) is 0 Å². The van der Waals surface area contributed by atoms with E-state index >= 15 is 0 Å². The molecule has 0 N–H and O–H groups in total. The van der Waals surface area contributed by atoms with E-state index in [1.54, 1.807) is 0 Å². The lowest BCUT2D eigenvalue weighted by Gasteiger charge is -2.31. The summed E-state index contributed by atoms with van der Waals surface area (Å²) in [6, 6.07) is 38.2.